The van der Waals surface area contributed by atoms with E-state index in [0.717, 1.165) is 12.0 Å². The van der Waals surface area contributed by atoms with E-state index in [2.05, 4.69) is 0 Å². The van der Waals surface area contributed by atoms with Crippen LogP contribution in [0.5, 0.6) is 11.5 Å². The minimum absolute atomic E-state index is 0.0373. The molecule has 1 amide bonds. The smallest absolute Gasteiger partial charge is 0.266 e. The second kappa shape index (κ2) is 6.95. The monoisotopic (exact) mass is 323 g/mol. The molecule has 1 heterocycles. The van der Waals surface area contributed by atoms with E-state index in [1.165, 1.54) is 11.8 Å². The Morgan fingerprint density at radius 1 is 1.33 bits per heavy atom. The van der Waals surface area contributed by atoms with Crippen LogP contribution in [0.1, 0.15) is 18.9 Å². The van der Waals surface area contributed by atoms with Crippen LogP contribution < -0.4 is 9.47 Å². The van der Waals surface area contributed by atoms with Crippen molar-refractivity contribution in [1.82, 2.24) is 4.90 Å². The van der Waals surface area contributed by atoms with Crippen molar-refractivity contribution in [2.75, 3.05) is 20.8 Å². The lowest BCUT2D eigenvalue weighted by Crippen LogP contribution is -2.28. The quantitative estimate of drug-likeness (QED) is 0.614. The van der Waals surface area contributed by atoms with Crippen molar-refractivity contribution in [2.24, 2.45) is 0 Å². The van der Waals surface area contributed by atoms with Crippen LogP contribution in [0.4, 0.5) is 0 Å². The largest absolute Gasteiger partial charge is 0.497 e. The molecule has 0 unspecified atom stereocenters. The Morgan fingerprint density at radius 2 is 2.10 bits per heavy atom. The van der Waals surface area contributed by atoms with Gasteiger partial charge < -0.3 is 9.47 Å². The molecule has 0 atom stereocenters. The molecule has 1 fully saturated rings. The number of thioether (sulfide) groups is 1. The standard InChI is InChI=1S/C15H17NO3S2/c1-4-7-16-14(17)13(21-15(16)20)8-10-5-6-11(18-2)9-12(10)19-3/h5-6,8-9H,4,7H2,1-3H3/b13-8-. The number of carbonyl (C=O) groups is 1. The van der Waals surface area contributed by atoms with Gasteiger partial charge in [-0.2, -0.15) is 0 Å². The molecule has 6 heteroatoms. The van der Waals surface area contributed by atoms with E-state index in [1.54, 1.807) is 25.2 Å². The highest BCUT2D eigenvalue weighted by molar-refractivity contribution is 8.26. The topological polar surface area (TPSA) is 38.8 Å². The number of amides is 1. The lowest BCUT2D eigenvalue weighted by atomic mass is 10.1. The van der Waals surface area contributed by atoms with E-state index in [-0.39, 0.29) is 5.91 Å². The van der Waals surface area contributed by atoms with Gasteiger partial charge in [-0.05, 0) is 24.6 Å². The average Bonchev–Trinajstić information content (AvgIpc) is 2.75. The number of hydrogen-bond acceptors (Lipinski definition) is 5. The molecular weight excluding hydrogens is 306 g/mol. The van der Waals surface area contributed by atoms with Crippen LogP contribution in [0.15, 0.2) is 23.1 Å². The Hall–Kier alpha value is -1.53. The molecule has 112 valence electrons. The minimum Gasteiger partial charge on any atom is -0.497 e. The van der Waals surface area contributed by atoms with Crippen LogP contribution in [-0.2, 0) is 4.79 Å². The third kappa shape index (κ3) is 3.39. The molecule has 0 radical (unpaired) electrons. The Balaban J connectivity index is 2.32. The Bertz CT molecular complexity index is 599. The van der Waals surface area contributed by atoms with Crippen molar-refractivity contribution in [3.05, 3.63) is 28.7 Å². The highest BCUT2D eigenvalue weighted by Gasteiger charge is 2.31. The van der Waals surface area contributed by atoms with E-state index in [4.69, 9.17) is 21.7 Å². The summed E-state index contributed by atoms with van der Waals surface area (Å²) < 4.78 is 11.1. The molecule has 1 aliphatic rings. The number of hydrogen-bond donors (Lipinski definition) is 0. The Labute approximate surface area is 134 Å². The predicted molar refractivity (Wildman–Crippen MR) is 89.7 cm³/mol. The summed E-state index contributed by atoms with van der Waals surface area (Å²) in [5, 5.41) is 0. The molecule has 1 aliphatic heterocycles. The second-order valence-corrected chi connectivity index (χ2v) is 6.12. The van der Waals surface area contributed by atoms with Gasteiger partial charge in [-0.3, -0.25) is 9.69 Å². The minimum atomic E-state index is -0.0373. The summed E-state index contributed by atoms with van der Waals surface area (Å²) in [6.07, 6.45) is 2.69. The average molecular weight is 323 g/mol. The van der Waals surface area contributed by atoms with Gasteiger partial charge in [-0.1, -0.05) is 30.9 Å². The SMILES string of the molecule is CCCN1C(=O)/C(=C/c2ccc(OC)cc2OC)SC1=S. The van der Waals surface area contributed by atoms with Crippen LogP contribution in [0.3, 0.4) is 0 Å². The van der Waals surface area contributed by atoms with Crippen LogP contribution in [0.25, 0.3) is 6.08 Å². The zero-order chi connectivity index (χ0) is 15.4. The van der Waals surface area contributed by atoms with Gasteiger partial charge in [0, 0.05) is 18.2 Å². The highest BCUT2D eigenvalue weighted by Crippen LogP contribution is 2.35. The first-order valence-corrected chi connectivity index (χ1v) is 7.80. The summed E-state index contributed by atoms with van der Waals surface area (Å²) in [5.74, 6) is 1.34. The van der Waals surface area contributed by atoms with Gasteiger partial charge in [0.05, 0.1) is 19.1 Å². The summed E-state index contributed by atoms with van der Waals surface area (Å²) >= 11 is 6.58. The first kappa shape index (κ1) is 15.9. The molecule has 1 aromatic rings. The zero-order valence-corrected chi connectivity index (χ0v) is 13.8. The van der Waals surface area contributed by atoms with Crippen LogP contribution in [0.2, 0.25) is 0 Å². The van der Waals surface area contributed by atoms with Crippen LogP contribution >= 0.6 is 24.0 Å². The van der Waals surface area contributed by atoms with Gasteiger partial charge in [-0.25, -0.2) is 0 Å². The summed E-state index contributed by atoms with van der Waals surface area (Å²) in [6.45, 7) is 2.68. The molecular formula is C15H17NO3S2. The van der Waals surface area contributed by atoms with E-state index < -0.39 is 0 Å². The molecule has 21 heavy (non-hydrogen) atoms. The third-order valence-corrected chi connectivity index (χ3v) is 4.43. The van der Waals surface area contributed by atoms with Gasteiger partial charge in [0.15, 0.2) is 0 Å². The molecule has 0 aromatic heterocycles. The Morgan fingerprint density at radius 3 is 2.71 bits per heavy atom. The molecule has 4 nitrogen and oxygen atoms in total. The summed E-state index contributed by atoms with van der Waals surface area (Å²) in [5.41, 5.74) is 0.829. The predicted octanol–water partition coefficient (Wildman–Crippen LogP) is 3.32. The molecule has 1 saturated heterocycles. The first-order chi connectivity index (χ1) is 10.1. The fourth-order valence-electron chi connectivity index (χ4n) is 2.00. The van der Waals surface area contributed by atoms with Crippen molar-refractivity contribution in [3.8, 4) is 11.5 Å². The zero-order valence-electron chi connectivity index (χ0n) is 12.2. The molecule has 0 saturated carbocycles. The van der Waals surface area contributed by atoms with Crippen molar-refractivity contribution in [2.45, 2.75) is 13.3 Å². The number of rotatable bonds is 5. The summed E-state index contributed by atoms with van der Waals surface area (Å²) in [6, 6.07) is 5.49. The number of nitrogens with zero attached hydrogens (tertiary/aromatic N) is 1. The maximum atomic E-state index is 12.3. The fraction of sp³-hybridized carbons (Fsp3) is 0.333. The van der Waals surface area contributed by atoms with Crippen LogP contribution in [0, 0.1) is 0 Å². The van der Waals surface area contributed by atoms with Gasteiger partial charge in [0.25, 0.3) is 5.91 Å². The Kier molecular flexibility index (Phi) is 5.25. The number of carbonyl (C=O) groups excluding carboxylic acids is 1. The lowest BCUT2D eigenvalue weighted by Gasteiger charge is -2.12. The molecule has 1 aromatic carbocycles. The van der Waals surface area contributed by atoms with Gasteiger partial charge in [0.2, 0.25) is 0 Å². The number of ether oxygens (including phenoxy) is 2. The number of benzene rings is 1. The fourth-order valence-corrected chi connectivity index (χ4v) is 3.29. The molecule has 0 bridgehead atoms. The van der Waals surface area contributed by atoms with Crippen molar-refractivity contribution >= 4 is 40.3 Å². The maximum Gasteiger partial charge on any atom is 0.266 e. The normalized spacial score (nSPS) is 16.7. The van der Waals surface area contributed by atoms with E-state index >= 15 is 0 Å². The molecule has 0 aliphatic carbocycles. The highest BCUT2D eigenvalue weighted by atomic mass is 32.2. The van der Waals surface area contributed by atoms with E-state index in [9.17, 15) is 4.79 Å². The molecule has 0 N–H and O–H groups in total. The number of thiocarbonyl (C=S) groups is 1. The van der Waals surface area contributed by atoms with E-state index in [1.807, 2.05) is 25.1 Å². The molecule has 0 spiro atoms. The van der Waals surface area contributed by atoms with Gasteiger partial charge in [0.1, 0.15) is 15.8 Å². The summed E-state index contributed by atoms with van der Waals surface area (Å²) in [7, 11) is 3.19. The maximum absolute atomic E-state index is 12.3. The second-order valence-electron chi connectivity index (χ2n) is 4.44. The van der Waals surface area contributed by atoms with Crippen molar-refractivity contribution in [1.29, 1.82) is 0 Å². The van der Waals surface area contributed by atoms with Crippen molar-refractivity contribution in [3.63, 3.8) is 0 Å². The van der Waals surface area contributed by atoms with E-state index in [0.29, 0.717) is 27.3 Å². The van der Waals surface area contributed by atoms with Gasteiger partial charge in [-0.15, -0.1) is 0 Å². The summed E-state index contributed by atoms with van der Waals surface area (Å²) in [4.78, 5) is 14.6. The van der Waals surface area contributed by atoms with Crippen molar-refractivity contribution < 1.29 is 14.3 Å². The van der Waals surface area contributed by atoms with Gasteiger partial charge >= 0.3 is 0 Å². The first-order valence-electron chi connectivity index (χ1n) is 6.58. The van der Waals surface area contributed by atoms with Crippen LogP contribution in [-0.4, -0.2) is 35.9 Å². The number of methoxy groups -OCH3 is 2. The third-order valence-electron chi connectivity index (χ3n) is 3.05. The lowest BCUT2D eigenvalue weighted by molar-refractivity contribution is -0.122. The molecule has 2 rings (SSSR count).